The van der Waals surface area contributed by atoms with Crippen molar-refractivity contribution in [2.45, 2.75) is 26.3 Å². The van der Waals surface area contributed by atoms with Crippen molar-refractivity contribution >= 4 is 23.5 Å². The van der Waals surface area contributed by atoms with Crippen molar-refractivity contribution in [2.75, 3.05) is 29.5 Å². The van der Waals surface area contributed by atoms with Gasteiger partial charge < -0.3 is 14.7 Å². The van der Waals surface area contributed by atoms with Gasteiger partial charge in [-0.2, -0.15) is 16.7 Å². The normalized spacial score (nSPS) is 14.9. The lowest BCUT2D eigenvalue weighted by atomic mass is 10.2. The third-order valence-electron chi connectivity index (χ3n) is 3.73. The number of hydrogen-bond donors (Lipinski definition) is 1. The minimum absolute atomic E-state index is 0.173. The number of hydrogen-bond acceptors (Lipinski definition) is 7. The Morgan fingerprint density at radius 2 is 2.17 bits per heavy atom. The van der Waals surface area contributed by atoms with Crippen molar-refractivity contribution < 1.29 is 9.32 Å². The zero-order valence-electron chi connectivity index (χ0n) is 13.9. The molecule has 0 saturated carbocycles. The van der Waals surface area contributed by atoms with Crippen LogP contribution in [0.3, 0.4) is 0 Å². The number of nitrogens with one attached hydrogen (secondary N) is 1. The first-order valence-electron chi connectivity index (χ1n) is 8.03. The van der Waals surface area contributed by atoms with Gasteiger partial charge in [0.15, 0.2) is 5.82 Å². The lowest BCUT2D eigenvalue weighted by Crippen LogP contribution is -2.33. The van der Waals surface area contributed by atoms with E-state index < -0.39 is 0 Å². The predicted octanol–water partition coefficient (Wildman–Crippen LogP) is 2.07. The molecule has 1 amide bonds. The zero-order chi connectivity index (χ0) is 16.9. The molecule has 0 atom stereocenters. The van der Waals surface area contributed by atoms with E-state index in [9.17, 15) is 4.79 Å². The molecule has 1 aliphatic rings. The second-order valence-corrected chi connectivity index (χ2v) is 7.12. The summed E-state index contributed by atoms with van der Waals surface area (Å²) >= 11 is 1.96. The minimum Gasteiger partial charge on any atom is -0.355 e. The van der Waals surface area contributed by atoms with Crippen molar-refractivity contribution in [3.63, 3.8) is 0 Å². The highest BCUT2D eigenvalue weighted by atomic mass is 32.2. The first-order chi connectivity index (χ1) is 11.6. The highest BCUT2D eigenvalue weighted by Crippen LogP contribution is 2.17. The van der Waals surface area contributed by atoms with Gasteiger partial charge in [-0.1, -0.05) is 19.0 Å². The third kappa shape index (κ3) is 4.05. The lowest BCUT2D eigenvalue weighted by molar-refractivity contribution is 0.0949. The van der Waals surface area contributed by atoms with Crippen LogP contribution in [0.2, 0.25) is 0 Å². The second-order valence-electron chi connectivity index (χ2n) is 5.89. The SMILES string of the molecule is CC(C)c1nc(CNC(=O)c2ccc(N3CCSCC3)nc2)no1. The number of aromatic nitrogens is 3. The standard InChI is InChI=1S/C16H21N5O2S/c1-11(2)16-19-13(20-23-16)10-18-15(22)12-3-4-14(17-9-12)21-5-7-24-8-6-21/h3-4,9,11H,5-8,10H2,1-2H3,(H,18,22). The molecule has 0 bridgehead atoms. The van der Waals surface area contributed by atoms with Gasteiger partial charge in [0, 0.05) is 36.7 Å². The molecule has 0 radical (unpaired) electrons. The number of carbonyl (C=O) groups is 1. The molecule has 0 aromatic carbocycles. The van der Waals surface area contributed by atoms with Gasteiger partial charge in [0.05, 0.1) is 12.1 Å². The predicted molar refractivity (Wildman–Crippen MR) is 93.3 cm³/mol. The van der Waals surface area contributed by atoms with E-state index in [0.29, 0.717) is 17.3 Å². The summed E-state index contributed by atoms with van der Waals surface area (Å²) in [5.41, 5.74) is 0.526. The van der Waals surface area contributed by atoms with E-state index in [1.54, 1.807) is 12.3 Å². The van der Waals surface area contributed by atoms with Crippen LogP contribution in [0.15, 0.2) is 22.9 Å². The number of pyridine rings is 1. The molecule has 1 N–H and O–H groups in total. The Balaban J connectivity index is 1.56. The van der Waals surface area contributed by atoms with E-state index >= 15 is 0 Å². The molecule has 0 spiro atoms. The number of thioether (sulfide) groups is 1. The highest BCUT2D eigenvalue weighted by Gasteiger charge is 2.14. The molecule has 1 aliphatic heterocycles. The summed E-state index contributed by atoms with van der Waals surface area (Å²) in [7, 11) is 0. The maximum Gasteiger partial charge on any atom is 0.253 e. The molecule has 0 aliphatic carbocycles. The monoisotopic (exact) mass is 347 g/mol. The molecular weight excluding hydrogens is 326 g/mol. The second kappa shape index (κ2) is 7.65. The van der Waals surface area contributed by atoms with Crippen molar-refractivity contribution in [1.29, 1.82) is 0 Å². The van der Waals surface area contributed by atoms with Gasteiger partial charge in [0.1, 0.15) is 5.82 Å². The first kappa shape index (κ1) is 16.8. The van der Waals surface area contributed by atoms with Gasteiger partial charge in [0.2, 0.25) is 5.89 Å². The van der Waals surface area contributed by atoms with Crippen LogP contribution >= 0.6 is 11.8 Å². The number of amides is 1. The largest absolute Gasteiger partial charge is 0.355 e. The van der Waals surface area contributed by atoms with Crippen LogP contribution in [0.5, 0.6) is 0 Å². The van der Waals surface area contributed by atoms with Crippen LogP contribution in [0.4, 0.5) is 5.82 Å². The van der Waals surface area contributed by atoms with E-state index in [1.807, 2.05) is 31.7 Å². The van der Waals surface area contributed by atoms with Crippen LogP contribution < -0.4 is 10.2 Å². The summed E-state index contributed by atoms with van der Waals surface area (Å²) in [6, 6.07) is 3.70. The Kier molecular flexibility index (Phi) is 5.34. The number of anilines is 1. The van der Waals surface area contributed by atoms with Crippen molar-refractivity contribution in [2.24, 2.45) is 0 Å². The Bertz CT molecular complexity index is 680. The molecule has 24 heavy (non-hydrogen) atoms. The van der Waals surface area contributed by atoms with Crippen molar-refractivity contribution in [1.82, 2.24) is 20.4 Å². The summed E-state index contributed by atoms with van der Waals surface area (Å²) in [6.45, 7) is 6.19. The minimum atomic E-state index is -0.195. The molecule has 3 rings (SSSR count). The molecule has 0 unspecified atom stereocenters. The van der Waals surface area contributed by atoms with E-state index in [2.05, 4.69) is 25.3 Å². The number of nitrogens with zero attached hydrogens (tertiary/aromatic N) is 4. The molecular formula is C16H21N5O2S. The molecule has 3 heterocycles. The number of rotatable bonds is 5. The van der Waals surface area contributed by atoms with Crippen LogP contribution in [0.25, 0.3) is 0 Å². The fraction of sp³-hybridized carbons (Fsp3) is 0.500. The molecule has 8 heteroatoms. The van der Waals surface area contributed by atoms with Gasteiger partial charge >= 0.3 is 0 Å². The van der Waals surface area contributed by atoms with E-state index in [1.165, 1.54) is 0 Å². The van der Waals surface area contributed by atoms with Crippen molar-refractivity contribution in [3.05, 3.63) is 35.6 Å². The van der Waals surface area contributed by atoms with Crippen LogP contribution in [-0.4, -0.2) is 45.6 Å². The summed E-state index contributed by atoms with van der Waals surface area (Å²) in [4.78, 5) is 23.1. The molecule has 128 valence electrons. The molecule has 2 aromatic heterocycles. The van der Waals surface area contributed by atoms with E-state index in [-0.39, 0.29) is 18.4 Å². The van der Waals surface area contributed by atoms with Gasteiger partial charge in [-0.15, -0.1) is 0 Å². The van der Waals surface area contributed by atoms with Gasteiger partial charge in [-0.25, -0.2) is 4.98 Å². The van der Waals surface area contributed by atoms with Crippen LogP contribution in [0, 0.1) is 0 Å². The number of carbonyl (C=O) groups excluding carboxylic acids is 1. The summed E-state index contributed by atoms with van der Waals surface area (Å²) in [6.07, 6.45) is 1.61. The fourth-order valence-electron chi connectivity index (χ4n) is 2.34. The van der Waals surface area contributed by atoms with Gasteiger partial charge in [-0.3, -0.25) is 4.79 Å². The van der Waals surface area contributed by atoms with Gasteiger partial charge in [-0.05, 0) is 12.1 Å². The zero-order valence-corrected chi connectivity index (χ0v) is 14.7. The smallest absolute Gasteiger partial charge is 0.253 e. The Hall–Kier alpha value is -2.09. The van der Waals surface area contributed by atoms with E-state index in [4.69, 9.17) is 4.52 Å². The summed E-state index contributed by atoms with van der Waals surface area (Å²) in [5, 5.41) is 6.64. The summed E-state index contributed by atoms with van der Waals surface area (Å²) < 4.78 is 5.11. The van der Waals surface area contributed by atoms with Crippen LogP contribution in [-0.2, 0) is 6.54 Å². The maximum atomic E-state index is 12.2. The Labute approximate surface area is 145 Å². The molecule has 2 aromatic rings. The van der Waals surface area contributed by atoms with Crippen molar-refractivity contribution in [3.8, 4) is 0 Å². The lowest BCUT2D eigenvalue weighted by Gasteiger charge is -2.27. The third-order valence-corrected chi connectivity index (χ3v) is 4.67. The quantitative estimate of drug-likeness (QED) is 0.886. The van der Waals surface area contributed by atoms with Crippen LogP contribution in [0.1, 0.15) is 41.8 Å². The highest BCUT2D eigenvalue weighted by molar-refractivity contribution is 7.99. The molecule has 1 saturated heterocycles. The maximum absolute atomic E-state index is 12.2. The average molecular weight is 347 g/mol. The first-order valence-corrected chi connectivity index (χ1v) is 9.18. The Morgan fingerprint density at radius 1 is 1.38 bits per heavy atom. The molecule has 7 nitrogen and oxygen atoms in total. The van der Waals surface area contributed by atoms with E-state index in [0.717, 1.165) is 30.4 Å². The molecule has 1 fully saturated rings. The Morgan fingerprint density at radius 3 is 2.79 bits per heavy atom. The topological polar surface area (TPSA) is 84.2 Å². The summed E-state index contributed by atoms with van der Waals surface area (Å²) in [5.74, 6) is 4.19. The average Bonchev–Trinajstić information content (AvgIpc) is 3.10. The fourth-order valence-corrected chi connectivity index (χ4v) is 3.24. The van der Waals surface area contributed by atoms with Gasteiger partial charge in [0.25, 0.3) is 5.91 Å².